The van der Waals surface area contributed by atoms with E-state index in [0.717, 1.165) is 4.31 Å². The van der Waals surface area contributed by atoms with Gasteiger partial charge in [0.05, 0.1) is 24.8 Å². The molecule has 0 heterocycles. The van der Waals surface area contributed by atoms with E-state index in [4.69, 9.17) is 32.7 Å². The van der Waals surface area contributed by atoms with Crippen molar-refractivity contribution < 1.29 is 27.5 Å². The molecule has 2 atom stereocenters. The summed E-state index contributed by atoms with van der Waals surface area (Å²) in [5.74, 6) is -0.466. The molecule has 2 amide bonds. The number of halogens is 2. The van der Waals surface area contributed by atoms with Gasteiger partial charge in [-0.05, 0) is 62.2 Å². The molecular formula is C30H35Cl2N3O6S. The molecule has 9 nitrogen and oxygen atoms in total. The van der Waals surface area contributed by atoms with Gasteiger partial charge in [0.2, 0.25) is 11.8 Å². The summed E-state index contributed by atoms with van der Waals surface area (Å²) in [7, 11) is -1.44. The van der Waals surface area contributed by atoms with Gasteiger partial charge in [-0.25, -0.2) is 8.42 Å². The molecule has 1 N–H and O–H groups in total. The first kappa shape index (κ1) is 33.0. The molecule has 3 rings (SSSR count). The van der Waals surface area contributed by atoms with Crippen LogP contribution in [0.5, 0.6) is 11.5 Å². The van der Waals surface area contributed by atoms with Gasteiger partial charge in [-0.15, -0.1) is 0 Å². The predicted molar refractivity (Wildman–Crippen MR) is 165 cm³/mol. The molecular weight excluding hydrogens is 601 g/mol. The smallest absolute Gasteiger partial charge is 0.264 e. The lowest BCUT2D eigenvalue weighted by Crippen LogP contribution is -2.52. The van der Waals surface area contributed by atoms with Crippen molar-refractivity contribution in [3.05, 3.63) is 82.3 Å². The highest BCUT2D eigenvalue weighted by atomic mass is 35.5. The molecule has 0 radical (unpaired) electrons. The van der Waals surface area contributed by atoms with Crippen LogP contribution in [-0.4, -0.2) is 58.0 Å². The second kappa shape index (κ2) is 14.6. The molecule has 0 saturated carbocycles. The Hall–Kier alpha value is -3.47. The lowest BCUT2D eigenvalue weighted by atomic mass is 10.1. The largest absolute Gasteiger partial charge is 0.497 e. The standard InChI is InChI=1S/C30H35Cl2N3O6S/c1-6-20(2)33-30(37)21(3)34(18-22-12-13-23(31)16-26(22)32)29(36)19-35(42(38,39)25-10-8-7-9-11-25)27-17-24(40-4)14-15-28(27)41-5/h7-17,20-21H,6,18-19H2,1-5H3,(H,33,37)/t20-,21+/m0/s1. The maximum absolute atomic E-state index is 14.1. The van der Waals surface area contributed by atoms with Gasteiger partial charge in [0.1, 0.15) is 24.1 Å². The van der Waals surface area contributed by atoms with Crippen LogP contribution in [0.15, 0.2) is 71.6 Å². The van der Waals surface area contributed by atoms with Crippen molar-refractivity contribution in [2.45, 2.75) is 50.7 Å². The van der Waals surface area contributed by atoms with Crippen LogP contribution in [0.3, 0.4) is 0 Å². The number of hydrogen-bond acceptors (Lipinski definition) is 6. The summed E-state index contributed by atoms with van der Waals surface area (Å²) in [5.41, 5.74) is 0.629. The molecule has 3 aromatic rings. The van der Waals surface area contributed by atoms with E-state index in [1.165, 1.54) is 43.4 Å². The molecule has 0 aliphatic heterocycles. The number of amides is 2. The van der Waals surface area contributed by atoms with Gasteiger partial charge in [0.25, 0.3) is 10.0 Å². The van der Waals surface area contributed by atoms with Gasteiger partial charge in [0, 0.05) is 28.7 Å². The number of hydrogen-bond donors (Lipinski definition) is 1. The molecule has 0 saturated heterocycles. The summed E-state index contributed by atoms with van der Waals surface area (Å²) in [4.78, 5) is 28.6. The lowest BCUT2D eigenvalue weighted by Gasteiger charge is -2.33. The van der Waals surface area contributed by atoms with E-state index in [-0.39, 0.29) is 34.8 Å². The zero-order valence-electron chi connectivity index (χ0n) is 24.1. The minimum Gasteiger partial charge on any atom is -0.497 e. The van der Waals surface area contributed by atoms with Crippen LogP contribution in [0.25, 0.3) is 0 Å². The summed E-state index contributed by atoms with van der Waals surface area (Å²) in [6.07, 6.45) is 0.689. The highest BCUT2D eigenvalue weighted by molar-refractivity contribution is 7.92. The van der Waals surface area contributed by atoms with Crippen molar-refractivity contribution in [1.82, 2.24) is 10.2 Å². The Balaban J connectivity index is 2.12. The highest BCUT2D eigenvalue weighted by Crippen LogP contribution is 2.36. The number of ether oxygens (including phenoxy) is 2. The van der Waals surface area contributed by atoms with Gasteiger partial charge >= 0.3 is 0 Å². The Bertz CT molecular complexity index is 1500. The Morgan fingerprint density at radius 3 is 2.24 bits per heavy atom. The Morgan fingerprint density at radius 2 is 1.64 bits per heavy atom. The Labute approximate surface area is 257 Å². The van der Waals surface area contributed by atoms with Crippen LogP contribution in [0.1, 0.15) is 32.8 Å². The molecule has 3 aromatic carbocycles. The average Bonchev–Trinajstić information content (AvgIpc) is 2.98. The monoisotopic (exact) mass is 635 g/mol. The molecule has 42 heavy (non-hydrogen) atoms. The van der Waals surface area contributed by atoms with Crippen LogP contribution >= 0.6 is 23.2 Å². The number of sulfonamides is 1. The maximum Gasteiger partial charge on any atom is 0.264 e. The van der Waals surface area contributed by atoms with Crippen molar-refractivity contribution in [1.29, 1.82) is 0 Å². The van der Waals surface area contributed by atoms with Gasteiger partial charge in [-0.1, -0.05) is 54.4 Å². The number of carbonyl (C=O) groups excluding carboxylic acids is 2. The second-order valence-electron chi connectivity index (χ2n) is 9.61. The van der Waals surface area contributed by atoms with Crippen LogP contribution in [0, 0.1) is 0 Å². The van der Waals surface area contributed by atoms with Crippen molar-refractivity contribution >= 4 is 50.7 Å². The number of nitrogens with zero attached hydrogens (tertiary/aromatic N) is 2. The summed E-state index contributed by atoms with van der Waals surface area (Å²) in [6, 6.07) is 16.1. The van der Waals surface area contributed by atoms with E-state index in [1.807, 2.05) is 13.8 Å². The van der Waals surface area contributed by atoms with Gasteiger partial charge < -0.3 is 19.7 Å². The molecule has 226 valence electrons. The zero-order valence-corrected chi connectivity index (χ0v) is 26.5. The zero-order chi connectivity index (χ0) is 31.0. The van der Waals surface area contributed by atoms with Crippen LogP contribution in [0.4, 0.5) is 5.69 Å². The molecule has 0 aromatic heterocycles. The quantitative estimate of drug-likeness (QED) is 0.264. The Kier molecular flexibility index (Phi) is 11.5. The number of rotatable bonds is 13. The molecule has 0 fully saturated rings. The van der Waals surface area contributed by atoms with Crippen molar-refractivity contribution in [2.24, 2.45) is 0 Å². The van der Waals surface area contributed by atoms with Gasteiger partial charge in [-0.3, -0.25) is 13.9 Å². The van der Waals surface area contributed by atoms with Crippen molar-refractivity contribution in [3.8, 4) is 11.5 Å². The maximum atomic E-state index is 14.1. The Morgan fingerprint density at radius 1 is 0.952 bits per heavy atom. The molecule has 0 spiro atoms. The van der Waals surface area contributed by atoms with E-state index >= 15 is 0 Å². The number of methoxy groups -OCH3 is 2. The fourth-order valence-electron chi connectivity index (χ4n) is 4.11. The summed E-state index contributed by atoms with van der Waals surface area (Å²) in [5, 5.41) is 3.61. The highest BCUT2D eigenvalue weighted by Gasteiger charge is 2.34. The van der Waals surface area contributed by atoms with Crippen LogP contribution in [0.2, 0.25) is 10.0 Å². The third-order valence-electron chi connectivity index (χ3n) is 6.79. The van der Waals surface area contributed by atoms with Gasteiger partial charge in [0.15, 0.2) is 0 Å². The minimum atomic E-state index is -4.29. The first-order chi connectivity index (χ1) is 19.9. The molecule has 0 bridgehead atoms. The fourth-order valence-corrected chi connectivity index (χ4v) is 6.01. The van der Waals surface area contributed by atoms with E-state index in [0.29, 0.717) is 27.8 Å². The summed E-state index contributed by atoms with van der Waals surface area (Å²) in [6.45, 7) is 4.66. The third-order valence-corrected chi connectivity index (χ3v) is 9.15. The minimum absolute atomic E-state index is 0.0301. The predicted octanol–water partition coefficient (Wildman–Crippen LogP) is 5.54. The van der Waals surface area contributed by atoms with E-state index in [9.17, 15) is 18.0 Å². The molecule has 0 unspecified atom stereocenters. The van der Waals surface area contributed by atoms with Crippen LogP contribution < -0.4 is 19.1 Å². The first-order valence-electron chi connectivity index (χ1n) is 13.3. The van der Waals surface area contributed by atoms with E-state index in [2.05, 4.69) is 5.32 Å². The number of anilines is 1. The average molecular weight is 637 g/mol. The normalized spacial score (nSPS) is 12.6. The van der Waals surface area contributed by atoms with Crippen LogP contribution in [-0.2, 0) is 26.2 Å². The van der Waals surface area contributed by atoms with E-state index in [1.54, 1.807) is 49.4 Å². The SMILES string of the molecule is CC[C@H](C)NC(=O)[C@@H](C)N(Cc1ccc(Cl)cc1Cl)C(=O)CN(c1cc(OC)ccc1OC)S(=O)(=O)c1ccccc1. The van der Waals surface area contributed by atoms with E-state index < -0.39 is 28.5 Å². The fraction of sp³-hybridized carbons (Fsp3) is 0.333. The lowest BCUT2D eigenvalue weighted by molar-refractivity contribution is -0.139. The number of benzene rings is 3. The first-order valence-corrected chi connectivity index (χ1v) is 15.5. The molecule has 0 aliphatic rings. The summed E-state index contributed by atoms with van der Waals surface area (Å²) < 4.78 is 39.9. The third kappa shape index (κ3) is 7.87. The second-order valence-corrected chi connectivity index (χ2v) is 12.3. The van der Waals surface area contributed by atoms with Crippen molar-refractivity contribution in [2.75, 3.05) is 25.1 Å². The topological polar surface area (TPSA) is 105 Å². The summed E-state index contributed by atoms with van der Waals surface area (Å²) >= 11 is 12.5. The molecule has 0 aliphatic carbocycles. The van der Waals surface area contributed by atoms with Gasteiger partial charge in [-0.2, -0.15) is 0 Å². The molecule has 12 heteroatoms. The number of carbonyl (C=O) groups is 2. The number of nitrogens with one attached hydrogen (secondary N) is 1. The van der Waals surface area contributed by atoms with Crippen molar-refractivity contribution in [3.63, 3.8) is 0 Å².